The van der Waals surface area contributed by atoms with Crippen molar-refractivity contribution in [1.29, 1.82) is 0 Å². The standard InChI is InChI=1S/C25H23NO5S/c1-13-7-8-18(27)17(12-13)26-21(19-6-5-9-32-19)20(23(29)25(26)30)22(28)16-11-14(2)10-15(3)24(16)31-4/h5-12,21,27-28H,1-4H3/b22-20-. The van der Waals surface area contributed by atoms with Crippen molar-refractivity contribution in [1.82, 2.24) is 0 Å². The first-order valence-electron chi connectivity index (χ1n) is 10.0. The number of thiophene rings is 1. The van der Waals surface area contributed by atoms with Gasteiger partial charge in [-0.25, -0.2) is 0 Å². The molecule has 32 heavy (non-hydrogen) atoms. The number of aliphatic hydroxyl groups excluding tert-OH is 1. The zero-order valence-electron chi connectivity index (χ0n) is 18.2. The van der Waals surface area contributed by atoms with E-state index in [0.717, 1.165) is 16.7 Å². The van der Waals surface area contributed by atoms with Crippen molar-refractivity contribution in [2.24, 2.45) is 0 Å². The number of ketones is 1. The lowest BCUT2D eigenvalue weighted by Gasteiger charge is -2.25. The van der Waals surface area contributed by atoms with Crippen LogP contribution in [0, 0.1) is 20.8 Å². The monoisotopic (exact) mass is 449 g/mol. The van der Waals surface area contributed by atoms with Crippen LogP contribution in [-0.4, -0.2) is 29.0 Å². The maximum Gasteiger partial charge on any atom is 0.300 e. The van der Waals surface area contributed by atoms with E-state index in [2.05, 4.69) is 0 Å². The number of rotatable bonds is 4. The number of phenols is 1. The number of anilines is 1. The van der Waals surface area contributed by atoms with Gasteiger partial charge in [-0.1, -0.05) is 18.2 Å². The van der Waals surface area contributed by atoms with E-state index in [-0.39, 0.29) is 22.8 Å². The van der Waals surface area contributed by atoms with E-state index in [1.807, 2.05) is 38.3 Å². The summed E-state index contributed by atoms with van der Waals surface area (Å²) in [6.45, 7) is 5.56. The molecular weight excluding hydrogens is 426 g/mol. The summed E-state index contributed by atoms with van der Waals surface area (Å²) in [4.78, 5) is 28.4. The third-order valence-corrected chi connectivity index (χ3v) is 6.45. The van der Waals surface area contributed by atoms with Crippen LogP contribution in [0.1, 0.15) is 33.2 Å². The van der Waals surface area contributed by atoms with Gasteiger partial charge in [0.2, 0.25) is 0 Å². The Bertz CT molecular complexity index is 1260. The Kier molecular flexibility index (Phi) is 5.52. The number of carbonyl (C=O) groups is 2. The Hall–Kier alpha value is -3.58. The fraction of sp³-hybridized carbons (Fsp3) is 0.200. The van der Waals surface area contributed by atoms with E-state index < -0.39 is 17.7 Å². The average molecular weight is 450 g/mol. The first kappa shape index (κ1) is 21.6. The number of aromatic hydroxyl groups is 1. The molecule has 1 aliphatic heterocycles. The smallest absolute Gasteiger partial charge is 0.300 e. The molecule has 3 aromatic rings. The van der Waals surface area contributed by atoms with Gasteiger partial charge in [-0.15, -0.1) is 11.3 Å². The molecule has 1 aliphatic rings. The summed E-state index contributed by atoms with van der Waals surface area (Å²) in [5.41, 5.74) is 3.02. The van der Waals surface area contributed by atoms with E-state index in [9.17, 15) is 19.8 Å². The zero-order valence-corrected chi connectivity index (χ0v) is 19.0. The van der Waals surface area contributed by atoms with Crippen molar-refractivity contribution in [2.45, 2.75) is 26.8 Å². The van der Waals surface area contributed by atoms with Crippen molar-refractivity contribution in [3.63, 3.8) is 0 Å². The molecule has 1 atom stereocenters. The minimum atomic E-state index is -0.881. The van der Waals surface area contributed by atoms with Crippen molar-refractivity contribution in [2.75, 3.05) is 12.0 Å². The Balaban J connectivity index is 2.01. The van der Waals surface area contributed by atoms with Gasteiger partial charge in [0, 0.05) is 4.88 Å². The minimum Gasteiger partial charge on any atom is -0.507 e. The molecule has 1 aromatic heterocycles. The van der Waals surface area contributed by atoms with Crippen molar-refractivity contribution < 1.29 is 24.5 Å². The molecule has 7 heteroatoms. The van der Waals surface area contributed by atoms with Crippen molar-refractivity contribution in [3.8, 4) is 11.5 Å². The fourth-order valence-corrected chi connectivity index (χ4v) is 4.99. The normalized spacial score (nSPS) is 17.8. The Labute approximate surface area is 190 Å². The van der Waals surface area contributed by atoms with E-state index in [4.69, 9.17) is 4.74 Å². The van der Waals surface area contributed by atoms with E-state index >= 15 is 0 Å². The van der Waals surface area contributed by atoms with Gasteiger partial charge in [-0.3, -0.25) is 14.5 Å². The number of phenolic OH excluding ortho intramolecular Hbond substituents is 1. The average Bonchev–Trinajstić information content (AvgIpc) is 3.36. The predicted molar refractivity (Wildman–Crippen MR) is 124 cm³/mol. The first-order valence-corrected chi connectivity index (χ1v) is 10.9. The van der Waals surface area contributed by atoms with Crippen LogP contribution in [0.2, 0.25) is 0 Å². The quantitative estimate of drug-likeness (QED) is 0.332. The second kappa shape index (κ2) is 8.16. The van der Waals surface area contributed by atoms with Crippen LogP contribution in [0.25, 0.3) is 5.76 Å². The maximum absolute atomic E-state index is 13.2. The van der Waals surface area contributed by atoms with Gasteiger partial charge in [0.1, 0.15) is 23.3 Å². The molecule has 164 valence electrons. The molecule has 2 aromatic carbocycles. The highest BCUT2D eigenvalue weighted by Crippen LogP contribution is 2.47. The first-order chi connectivity index (χ1) is 15.2. The molecule has 0 aliphatic carbocycles. The molecule has 0 radical (unpaired) electrons. The van der Waals surface area contributed by atoms with Gasteiger partial charge in [-0.2, -0.15) is 0 Å². The molecule has 1 fully saturated rings. The summed E-state index contributed by atoms with van der Waals surface area (Å²) in [7, 11) is 1.49. The number of aliphatic hydroxyl groups is 1. The van der Waals surface area contributed by atoms with Crippen molar-refractivity contribution >= 4 is 34.5 Å². The fourth-order valence-electron chi connectivity index (χ4n) is 4.17. The van der Waals surface area contributed by atoms with Crippen LogP contribution in [0.3, 0.4) is 0 Å². The highest BCUT2D eigenvalue weighted by atomic mass is 32.1. The molecule has 1 amide bonds. The van der Waals surface area contributed by atoms with Crippen LogP contribution in [0.15, 0.2) is 53.4 Å². The zero-order chi connectivity index (χ0) is 23.2. The topological polar surface area (TPSA) is 87.1 Å². The number of carbonyl (C=O) groups excluding carboxylic acids is 2. The number of hydrogen-bond acceptors (Lipinski definition) is 6. The van der Waals surface area contributed by atoms with E-state index in [1.54, 1.807) is 24.3 Å². The molecule has 1 unspecified atom stereocenters. The summed E-state index contributed by atoms with van der Waals surface area (Å²) in [5, 5.41) is 23.7. The summed E-state index contributed by atoms with van der Waals surface area (Å²) in [6.07, 6.45) is 0. The molecule has 4 rings (SSSR count). The van der Waals surface area contributed by atoms with Crippen LogP contribution in [-0.2, 0) is 9.59 Å². The summed E-state index contributed by atoms with van der Waals surface area (Å²) in [6, 6.07) is 11.2. The number of hydrogen-bond donors (Lipinski definition) is 2. The number of amides is 1. The number of nitrogens with zero attached hydrogens (tertiary/aromatic N) is 1. The van der Waals surface area contributed by atoms with Gasteiger partial charge in [-0.05, 0) is 67.1 Å². The summed E-state index contributed by atoms with van der Waals surface area (Å²) < 4.78 is 5.50. The number of methoxy groups -OCH3 is 1. The highest BCUT2D eigenvalue weighted by molar-refractivity contribution is 7.10. The van der Waals surface area contributed by atoms with E-state index in [0.29, 0.717) is 16.2 Å². The summed E-state index contributed by atoms with van der Waals surface area (Å²) in [5.74, 6) is -1.62. The number of ether oxygens (including phenoxy) is 1. The lowest BCUT2D eigenvalue weighted by Crippen LogP contribution is -2.29. The highest BCUT2D eigenvalue weighted by Gasteiger charge is 2.48. The van der Waals surface area contributed by atoms with Crippen LogP contribution in [0.4, 0.5) is 5.69 Å². The molecule has 2 heterocycles. The Morgan fingerprint density at radius 2 is 1.81 bits per heavy atom. The summed E-state index contributed by atoms with van der Waals surface area (Å²) >= 11 is 1.36. The predicted octanol–water partition coefficient (Wildman–Crippen LogP) is 5.01. The van der Waals surface area contributed by atoms with Gasteiger partial charge in [0.15, 0.2) is 0 Å². The molecule has 6 nitrogen and oxygen atoms in total. The Morgan fingerprint density at radius 3 is 2.47 bits per heavy atom. The second-order valence-corrected chi connectivity index (χ2v) is 8.82. The molecule has 2 N–H and O–H groups in total. The SMILES string of the molecule is COc1c(C)cc(C)cc1/C(O)=C1/C(=O)C(=O)N(c2cc(C)ccc2O)C1c1cccs1. The number of Topliss-reactive ketones (excluding diaryl/α,β-unsaturated/α-hetero) is 1. The molecule has 1 saturated heterocycles. The van der Waals surface area contributed by atoms with Gasteiger partial charge in [0.05, 0.1) is 23.9 Å². The lowest BCUT2D eigenvalue weighted by atomic mass is 9.96. The second-order valence-electron chi connectivity index (χ2n) is 7.84. The van der Waals surface area contributed by atoms with Gasteiger partial charge in [0.25, 0.3) is 11.7 Å². The number of benzene rings is 2. The van der Waals surface area contributed by atoms with Gasteiger partial charge >= 0.3 is 0 Å². The molecule has 0 saturated carbocycles. The molecular formula is C25H23NO5S. The number of aryl methyl sites for hydroxylation is 3. The van der Waals surface area contributed by atoms with Crippen LogP contribution < -0.4 is 9.64 Å². The van der Waals surface area contributed by atoms with Crippen molar-refractivity contribution in [3.05, 3.63) is 80.5 Å². The minimum absolute atomic E-state index is 0.0401. The Morgan fingerprint density at radius 1 is 1.06 bits per heavy atom. The third kappa shape index (κ3) is 3.44. The molecule has 0 bridgehead atoms. The third-order valence-electron chi connectivity index (χ3n) is 5.53. The van der Waals surface area contributed by atoms with Crippen LogP contribution in [0.5, 0.6) is 11.5 Å². The van der Waals surface area contributed by atoms with Crippen LogP contribution >= 0.6 is 11.3 Å². The largest absolute Gasteiger partial charge is 0.507 e. The maximum atomic E-state index is 13.2. The molecule has 0 spiro atoms. The lowest BCUT2D eigenvalue weighted by molar-refractivity contribution is -0.132. The van der Waals surface area contributed by atoms with Gasteiger partial charge < -0.3 is 14.9 Å². The van der Waals surface area contributed by atoms with E-state index in [1.165, 1.54) is 29.4 Å².